The van der Waals surface area contributed by atoms with Gasteiger partial charge in [-0.2, -0.15) is 13.2 Å². The van der Waals surface area contributed by atoms with Crippen molar-refractivity contribution >= 4 is 15.7 Å². The number of morpholine rings is 1. The summed E-state index contributed by atoms with van der Waals surface area (Å²) in [7, 11) is -4.28. The lowest BCUT2D eigenvalue weighted by molar-refractivity contribution is -0.137. The zero-order valence-corrected chi connectivity index (χ0v) is 15.6. The fourth-order valence-electron chi connectivity index (χ4n) is 3.20. The highest BCUT2D eigenvalue weighted by molar-refractivity contribution is 7.89. The van der Waals surface area contributed by atoms with Gasteiger partial charge < -0.3 is 9.64 Å². The van der Waals surface area contributed by atoms with Gasteiger partial charge in [0.2, 0.25) is 10.0 Å². The SMILES string of the molecule is CC1CN(c2ccc(S(N)(=O)=O)cc2C(F)(F)F)CC(c2ccc(F)cc2)O1. The molecular weight excluding hydrogens is 400 g/mol. The van der Waals surface area contributed by atoms with E-state index in [0.29, 0.717) is 11.6 Å². The van der Waals surface area contributed by atoms with E-state index in [1.54, 1.807) is 6.92 Å². The monoisotopic (exact) mass is 418 g/mol. The van der Waals surface area contributed by atoms with Gasteiger partial charge in [-0.15, -0.1) is 0 Å². The highest BCUT2D eigenvalue weighted by atomic mass is 32.2. The third-order valence-corrected chi connectivity index (χ3v) is 5.36. The van der Waals surface area contributed by atoms with Crippen molar-refractivity contribution in [2.24, 2.45) is 5.14 Å². The maximum atomic E-state index is 13.6. The van der Waals surface area contributed by atoms with Gasteiger partial charge in [0.25, 0.3) is 0 Å². The van der Waals surface area contributed by atoms with Crippen LogP contribution < -0.4 is 10.0 Å². The van der Waals surface area contributed by atoms with Crippen molar-refractivity contribution in [2.75, 3.05) is 18.0 Å². The minimum Gasteiger partial charge on any atom is -0.367 e. The Bertz CT molecular complexity index is 962. The molecule has 5 nitrogen and oxygen atoms in total. The second-order valence-corrected chi connectivity index (χ2v) is 8.18. The molecule has 1 aliphatic rings. The van der Waals surface area contributed by atoms with Crippen molar-refractivity contribution in [3.05, 3.63) is 59.4 Å². The molecule has 0 bridgehead atoms. The minimum atomic E-state index is -4.77. The number of alkyl halides is 3. The number of nitrogens with two attached hydrogens (primary N) is 1. The summed E-state index contributed by atoms with van der Waals surface area (Å²) in [5.74, 6) is -0.428. The van der Waals surface area contributed by atoms with Crippen LogP contribution in [0.3, 0.4) is 0 Å². The Morgan fingerprint density at radius 1 is 1.11 bits per heavy atom. The van der Waals surface area contributed by atoms with Crippen LogP contribution in [0.15, 0.2) is 47.4 Å². The molecule has 0 radical (unpaired) electrons. The first-order valence-electron chi connectivity index (χ1n) is 8.35. The van der Waals surface area contributed by atoms with Gasteiger partial charge in [0, 0.05) is 18.8 Å². The van der Waals surface area contributed by atoms with E-state index in [1.165, 1.54) is 29.2 Å². The Kier molecular flexibility index (Phi) is 5.39. The lowest BCUT2D eigenvalue weighted by Crippen LogP contribution is -2.43. The first-order chi connectivity index (χ1) is 12.9. The summed E-state index contributed by atoms with van der Waals surface area (Å²) in [5.41, 5.74) is -0.624. The Morgan fingerprint density at radius 2 is 1.75 bits per heavy atom. The fraction of sp³-hybridized carbons (Fsp3) is 0.333. The second-order valence-electron chi connectivity index (χ2n) is 6.61. The number of rotatable bonds is 3. The molecule has 0 amide bonds. The normalized spacial score (nSPS) is 21.0. The summed E-state index contributed by atoms with van der Waals surface area (Å²) < 4.78 is 82.7. The number of hydrogen-bond donors (Lipinski definition) is 1. The van der Waals surface area contributed by atoms with Gasteiger partial charge in [-0.3, -0.25) is 0 Å². The van der Waals surface area contributed by atoms with Gasteiger partial charge in [0.1, 0.15) is 11.9 Å². The maximum Gasteiger partial charge on any atom is 0.418 e. The van der Waals surface area contributed by atoms with Crippen molar-refractivity contribution < 1.29 is 30.7 Å². The molecule has 2 N–H and O–H groups in total. The maximum absolute atomic E-state index is 13.6. The molecule has 2 atom stereocenters. The lowest BCUT2D eigenvalue weighted by atomic mass is 10.0. The van der Waals surface area contributed by atoms with Gasteiger partial charge in [0.05, 0.1) is 16.6 Å². The number of nitrogens with zero attached hydrogens (tertiary/aromatic N) is 1. The predicted molar refractivity (Wildman–Crippen MR) is 94.7 cm³/mol. The number of halogens is 4. The standard InChI is InChI=1S/C18H18F4N2O3S/c1-11-9-24(10-17(27-11)12-2-4-13(19)5-3-12)16-7-6-14(28(23,25)26)8-15(16)18(20,21)22/h2-8,11,17H,9-10H2,1H3,(H2,23,25,26). The van der Waals surface area contributed by atoms with Crippen LogP contribution in [-0.2, 0) is 20.9 Å². The molecule has 1 saturated heterocycles. The first kappa shape index (κ1) is 20.6. The minimum absolute atomic E-state index is 0.0910. The molecule has 2 aromatic carbocycles. The summed E-state index contributed by atoms with van der Waals surface area (Å²) in [4.78, 5) is 0.873. The van der Waals surface area contributed by atoms with E-state index in [0.717, 1.165) is 12.1 Å². The molecule has 0 aromatic heterocycles. The van der Waals surface area contributed by atoms with E-state index in [1.807, 2.05) is 0 Å². The molecule has 10 heteroatoms. The van der Waals surface area contributed by atoms with E-state index < -0.39 is 44.7 Å². The topological polar surface area (TPSA) is 72.6 Å². The van der Waals surface area contributed by atoms with Crippen molar-refractivity contribution in [3.8, 4) is 0 Å². The van der Waals surface area contributed by atoms with Crippen LogP contribution in [-0.4, -0.2) is 27.6 Å². The fourth-order valence-corrected chi connectivity index (χ4v) is 3.74. The summed E-state index contributed by atoms with van der Waals surface area (Å²) in [6.07, 6.45) is -5.74. The number of benzene rings is 2. The van der Waals surface area contributed by atoms with Gasteiger partial charge in [-0.05, 0) is 42.8 Å². The molecule has 2 aromatic rings. The number of sulfonamides is 1. The molecule has 0 saturated carbocycles. The molecule has 2 unspecified atom stereocenters. The van der Waals surface area contributed by atoms with Crippen LogP contribution in [0.25, 0.3) is 0 Å². The lowest BCUT2D eigenvalue weighted by Gasteiger charge is -2.39. The number of anilines is 1. The Labute approximate surface area is 159 Å². The summed E-state index contributed by atoms with van der Waals surface area (Å²) >= 11 is 0. The van der Waals surface area contributed by atoms with E-state index >= 15 is 0 Å². The number of ether oxygens (including phenoxy) is 1. The van der Waals surface area contributed by atoms with Crippen LogP contribution in [0.4, 0.5) is 23.2 Å². The molecule has 1 aliphatic heterocycles. The molecule has 1 heterocycles. The molecule has 1 fully saturated rings. The smallest absolute Gasteiger partial charge is 0.367 e. The molecule has 0 aliphatic carbocycles. The van der Waals surface area contributed by atoms with E-state index in [4.69, 9.17) is 9.88 Å². The zero-order chi connectivity index (χ0) is 20.7. The molecular formula is C18H18F4N2O3S. The quantitative estimate of drug-likeness (QED) is 0.775. The highest BCUT2D eigenvalue weighted by Crippen LogP contribution is 2.40. The van der Waals surface area contributed by atoms with Crippen LogP contribution in [0, 0.1) is 5.82 Å². The number of primary sulfonamides is 1. The van der Waals surface area contributed by atoms with Crippen LogP contribution >= 0.6 is 0 Å². The Balaban J connectivity index is 2.00. The second kappa shape index (κ2) is 7.34. The van der Waals surface area contributed by atoms with Gasteiger partial charge in [-0.1, -0.05) is 12.1 Å². The zero-order valence-electron chi connectivity index (χ0n) is 14.8. The summed E-state index contributed by atoms with van der Waals surface area (Å²) in [6, 6.07) is 8.23. The average molecular weight is 418 g/mol. The molecule has 0 spiro atoms. The van der Waals surface area contributed by atoms with Crippen LogP contribution in [0.5, 0.6) is 0 Å². The molecule has 3 rings (SSSR count). The van der Waals surface area contributed by atoms with E-state index in [9.17, 15) is 26.0 Å². The van der Waals surface area contributed by atoms with Crippen molar-refractivity contribution in [1.29, 1.82) is 0 Å². The van der Waals surface area contributed by atoms with E-state index in [2.05, 4.69) is 0 Å². The first-order valence-corrected chi connectivity index (χ1v) is 9.89. The molecule has 28 heavy (non-hydrogen) atoms. The van der Waals surface area contributed by atoms with Crippen molar-refractivity contribution in [3.63, 3.8) is 0 Å². The van der Waals surface area contributed by atoms with Crippen molar-refractivity contribution in [2.45, 2.75) is 30.2 Å². The third-order valence-electron chi connectivity index (χ3n) is 4.44. The third kappa shape index (κ3) is 4.45. The Morgan fingerprint density at radius 3 is 2.32 bits per heavy atom. The van der Waals surface area contributed by atoms with Crippen molar-refractivity contribution in [1.82, 2.24) is 0 Å². The molecule has 152 valence electrons. The van der Waals surface area contributed by atoms with E-state index in [-0.39, 0.29) is 18.8 Å². The van der Waals surface area contributed by atoms with Crippen LogP contribution in [0.1, 0.15) is 24.2 Å². The average Bonchev–Trinajstić information content (AvgIpc) is 2.60. The summed E-state index contributed by atoms with van der Waals surface area (Å²) in [5, 5.41) is 4.97. The Hall–Kier alpha value is -2.17. The largest absolute Gasteiger partial charge is 0.418 e. The highest BCUT2D eigenvalue weighted by Gasteiger charge is 2.38. The number of hydrogen-bond acceptors (Lipinski definition) is 4. The van der Waals surface area contributed by atoms with Gasteiger partial charge in [0.15, 0.2) is 0 Å². The van der Waals surface area contributed by atoms with Gasteiger partial charge in [-0.25, -0.2) is 17.9 Å². The summed E-state index contributed by atoms with van der Waals surface area (Å²) in [6.45, 7) is 1.98. The van der Waals surface area contributed by atoms with Crippen LogP contribution in [0.2, 0.25) is 0 Å². The predicted octanol–water partition coefficient (Wildman–Crippen LogP) is 3.46. The van der Waals surface area contributed by atoms with Gasteiger partial charge >= 0.3 is 6.18 Å².